The van der Waals surface area contributed by atoms with Gasteiger partial charge in [-0.1, -0.05) is 24.3 Å². The largest absolute Gasteiger partial charge is 0.377 e. The van der Waals surface area contributed by atoms with Crippen molar-refractivity contribution in [2.75, 3.05) is 51.2 Å². The van der Waals surface area contributed by atoms with E-state index < -0.39 is 0 Å². The normalized spacial score (nSPS) is 19.0. The maximum Gasteiger partial charge on any atom is 0.239 e. The van der Waals surface area contributed by atoms with Crippen LogP contribution in [-0.4, -0.2) is 77.5 Å². The second-order valence-electron chi connectivity index (χ2n) is 10.2. The number of benzene rings is 2. The monoisotopic (exact) mass is 487 g/mol. The van der Waals surface area contributed by atoms with Gasteiger partial charge in [-0.05, 0) is 68.5 Å². The van der Waals surface area contributed by atoms with Crippen LogP contribution in [0.25, 0.3) is 16.9 Å². The standard InChI is InChI=1S/C29H37N5O2/c1-21-16-23(3)26(17-22(21)2)27-18-28(34(31-27)24-8-5-4-6-9-24)30-29(35)20-33-13-11-32(12-14-33)19-25-10-7-15-36-25/h4-6,8-9,16-18,25H,7,10-15,19-20H2,1-3H3,(H,30,35)/t25-/m1/s1. The number of carbonyl (C=O) groups is 1. The minimum absolute atomic E-state index is 0.0111. The third-order valence-electron chi connectivity index (χ3n) is 7.41. The van der Waals surface area contributed by atoms with Crippen molar-refractivity contribution in [3.8, 4) is 16.9 Å². The van der Waals surface area contributed by atoms with Crippen LogP contribution >= 0.6 is 0 Å². The molecule has 2 fully saturated rings. The summed E-state index contributed by atoms with van der Waals surface area (Å²) in [6, 6.07) is 16.3. The Morgan fingerprint density at radius 1 is 0.972 bits per heavy atom. The minimum Gasteiger partial charge on any atom is -0.377 e. The molecule has 7 heteroatoms. The lowest BCUT2D eigenvalue weighted by atomic mass is 9.99. The fourth-order valence-electron chi connectivity index (χ4n) is 5.20. The highest BCUT2D eigenvalue weighted by Gasteiger charge is 2.24. The van der Waals surface area contributed by atoms with Crippen LogP contribution in [-0.2, 0) is 9.53 Å². The summed E-state index contributed by atoms with van der Waals surface area (Å²) in [5.74, 6) is 0.680. The number of nitrogens with zero attached hydrogens (tertiary/aromatic N) is 4. The zero-order valence-electron chi connectivity index (χ0n) is 21.7. The summed E-state index contributed by atoms with van der Waals surface area (Å²) in [5, 5.41) is 8.06. The number of aryl methyl sites for hydroxylation is 3. The maximum absolute atomic E-state index is 13.1. The van der Waals surface area contributed by atoms with Crippen LogP contribution in [0.15, 0.2) is 48.5 Å². The lowest BCUT2D eigenvalue weighted by molar-refractivity contribution is -0.117. The lowest BCUT2D eigenvalue weighted by Gasteiger charge is -2.35. The quantitative estimate of drug-likeness (QED) is 0.541. The zero-order valence-corrected chi connectivity index (χ0v) is 21.7. The molecule has 2 saturated heterocycles. The van der Waals surface area contributed by atoms with Crippen LogP contribution in [0.5, 0.6) is 0 Å². The number of para-hydroxylation sites is 1. The predicted molar refractivity (Wildman–Crippen MR) is 144 cm³/mol. The Morgan fingerprint density at radius 3 is 2.42 bits per heavy atom. The summed E-state index contributed by atoms with van der Waals surface area (Å²) in [4.78, 5) is 17.8. The van der Waals surface area contributed by atoms with E-state index in [2.05, 4.69) is 48.0 Å². The van der Waals surface area contributed by atoms with Gasteiger partial charge in [0.2, 0.25) is 5.91 Å². The van der Waals surface area contributed by atoms with Crippen LogP contribution in [0.1, 0.15) is 29.5 Å². The van der Waals surface area contributed by atoms with Gasteiger partial charge in [0.05, 0.1) is 24.0 Å². The van der Waals surface area contributed by atoms with Crippen LogP contribution in [0, 0.1) is 20.8 Å². The Bertz CT molecular complexity index is 1190. The molecule has 1 atom stereocenters. The first kappa shape index (κ1) is 24.7. The van der Waals surface area contributed by atoms with E-state index in [-0.39, 0.29) is 5.91 Å². The van der Waals surface area contributed by atoms with E-state index in [9.17, 15) is 4.79 Å². The molecule has 36 heavy (non-hydrogen) atoms. The van der Waals surface area contributed by atoms with Crippen molar-refractivity contribution in [1.29, 1.82) is 0 Å². The third kappa shape index (κ3) is 5.69. The van der Waals surface area contributed by atoms with Crippen molar-refractivity contribution in [3.63, 3.8) is 0 Å². The molecular formula is C29H37N5O2. The van der Waals surface area contributed by atoms with Crippen molar-refractivity contribution in [3.05, 3.63) is 65.2 Å². The van der Waals surface area contributed by atoms with Gasteiger partial charge in [-0.25, -0.2) is 4.68 Å². The molecule has 2 aliphatic rings. The van der Waals surface area contributed by atoms with Gasteiger partial charge >= 0.3 is 0 Å². The number of aromatic nitrogens is 2. The van der Waals surface area contributed by atoms with Crippen molar-refractivity contribution < 1.29 is 9.53 Å². The number of amides is 1. The molecule has 3 aromatic rings. The summed E-state index contributed by atoms with van der Waals surface area (Å²) in [6.07, 6.45) is 2.73. The molecule has 5 rings (SSSR count). The first-order valence-corrected chi connectivity index (χ1v) is 13.1. The second kappa shape index (κ2) is 10.9. The molecule has 0 spiro atoms. The molecule has 7 nitrogen and oxygen atoms in total. The summed E-state index contributed by atoms with van der Waals surface area (Å²) in [7, 11) is 0. The van der Waals surface area contributed by atoms with E-state index in [0.29, 0.717) is 18.5 Å². The van der Waals surface area contributed by atoms with E-state index in [4.69, 9.17) is 9.84 Å². The van der Waals surface area contributed by atoms with Crippen molar-refractivity contribution >= 4 is 11.7 Å². The molecule has 3 heterocycles. The average Bonchev–Trinajstić information content (AvgIpc) is 3.53. The van der Waals surface area contributed by atoms with Gasteiger partial charge in [0, 0.05) is 51.0 Å². The molecule has 1 aromatic heterocycles. The topological polar surface area (TPSA) is 62.6 Å². The molecule has 1 amide bonds. The SMILES string of the molecule is Cc1cc(C)c(-c2cc(NC(=O)CN3CCN(C[C@H]4CCCO4)CC3)n(-c3ccccc3)n2)cc1C. The van der Waals surface area contributed by atoms with Crippen LogP contribution in [0.4, 0.5) is 5.82 Å². The number of rotatable bonds is 7. The van der Waals surface area contributed by atoms with Gasteiger partial charge in [0.25, 0.3) is 0 Å². The Hall–Kier alpha value is -3.00. The third-order valence-corrected chi connectivity index (χ3v) is 7.41. The highest BCUT2D eigenvalue weighted by Crippen LogP contribution is 2.29. The van der Waals surface area contributed by atoms with Gasteiger partial charge < -0.3 is 10.1 Å². The van der Waals surface area contributed by atoms with E-state index >= 15 is 0 Å². The lowest BCUT2D eigenvalue weighted by Crippen LogP contribution is -2.50. The van der Waals surface area contributed by atoms with Crippen LogP contribution < -0.4 is 5.32 Å². The number of nitrogens with one attached hydrogen (secondary N) is 1. The molecule has 0 unspecified atom stereocenters. The Balaban J connectivity index is 1.28. The van der Waals surface area contributed by atoms with Crippen LogP contribution in [0.2, 0.25) is 0 Å². The molecule has 190 valence electrons. The van der Waals surface area contributed by atoms with Gasteiger partial charge in [-0.2, -0.15) is 5.10 Å². The van der Waals surface area contributed by atoms with Crippen molar-refractivity contribution in [2.45, 2.75) is 39.7 Å². The van der Waals surface area contributed by atoms with E-state index in [0.717, 1.165) is 56.3 Å². The summed E-state index contributed by atoms with van der Waals surface area (Å²) in [5.41, 5.74) is 6.54. The predicted octanol–water partition coefficient (Wildman–Crippen LogP) is 4.20. The Labute approximate surface area is 214 Å². The maximum atomic E-state index is 13.1. The number of ether oxygens (including phenoxy) is 1. The first-order chi connectivity index (χ1) is 17.5. The Morgan fingerprint density at radius 2 is 1.69 bits per heavy atom. The number of anilines is 1. The average molecular weight is 488 g/mol. The summed E-state index contributed by atoms with van der Waals surface area (Å²) in [6.45, 7) is 12.4. The molecular weight excluding hydrogens is 450 g/mol. The molecule has 0 bridgehead atoms. The van der Waals surface area contributed by atoms with Crippen molar-refractivity contribution in [2.24, 2.45) is 0 Å². The molecule has 0 aliphatic carbocycles. The van der Waals surface area contributed by atoms with Crippen LogP contribution in [0.3, 0.4) is 0 Å². The molecule has 0 radical (unpaired) electrons. The van der Waals surface area contributed by atoms with Gasteiger partial charge in [0.15, 0.2) is 0 Å². The number of piperazine rings is 1. The molecule has 2 aromatic carbocycles. The molecule has 0 saturated carbocycles. The van der Waals surface area contributed by atoms with E-state index in [1.165, 1.54) is 29.5 Å². The summed E-state index contributed by atoms with van der Waals surface area (Å²) >= 11 is 0. The van der Waals surface area contributed by atoms with E-state index in [1.54, 1.807) is 0 Å². The minimum atomic E-state index is -0.0111. The van der Waals surface area contributed by atoms with Gasteiger partial charge in [0.1, 0.15) is 5.82 Å². The fraction of sp³-hybridized carbons (Fsp3) is 0.448. The van der Waals surface area contributed by atoms with Crippen molar-refractivity contribution in [1.82, 2.24) is 19.6 Å². The fourth-order valence-corrected chi connectivity index (χ4v) is 5.20. The number of hydrogen-bond donors (Lipinski definition) is 1. The Kier molecular flexibility index (Phi) is 7.51. The van der Waals surface area contributed by atoms with Gasteiger partial charge in [-0.15, -0.1) is 0 Å². The molecule has 2 aliphatic heterocycles. The first-order valence-electron chi connectivity index (χ1n) is 13.1. The number of carbonyl (C=O) groups excluding carboxylic acids is 1. The van der Waals surface area contributed by atoms with Gasteiger partial charge in [-0.3, -0.25) is 14.6 Å². The highest BCUT2D eigenvalue weighted by molar-refractivity contribution is 5.92. The number of hydrogen-bond acceptors (Lipinski definition) is 5. The highest BCUT2D eigenvalue weighted by atomic mass is 16.5. The van der Waals surface area contributed by atoms with E-state index in [1.807, 2.05) is 41.1 Å². The second-order valence-corrected chi connectivity index (χ2v) is 10.2. The smallest absolute Gasteiger partial charge is 0.239 e. The zero-order chi connectivity index (χ0) is 25.1. The molecule has 1 N–H and O–H groups in total. The summed E-state index contributed by atoms with van der Waals surface area (Å²) < 4.78 is 7.62.